The first-order chi connectivity index (χ1) is 13.6. The number of nitrogens with zero attached hydrogens (tertiary/aromatic N) is 2. The van der Waals surface area contributed by atoms with Crippen LogP contribution in [0.2, 0.25) is 5.15 Å². The Morgan fingerprint density at radius 1 is 1.18 bits per heavy atom. The van der Waals surface area contributed by atoms with Crippen LogP contribution in [0.1, 0.15) is 47.3 Å². The molecule has 1 fully saturated rings. The molecule has 2 aromatic heterocycles. The molecule has 1 aromatic carbocycles. The van der Waals surface area contributed by atoms with Gasteiger partial charge in [-0.25, -0.2) is 9.97 Å². The summed E-state index contributed by atoms with van der Waals surface area (Å²) in [6, 6.07) is 13.1. The highest BCUT2D eigenvalue weighted by molar-refractivity contribution is 6.29. The second-order valence-electron chi connectivity index (χ2n) is 7.28. The van der Waals surface area contributed by atoms with Crippen LogP contribution in [0.25, 0.3) is 10.9 Å². The molecule has 1 aliphatic rings. The van der Waals surface area contributed by atoms with Gasteiger partial charge < -0.3 is 10.4 Å². The van der Waals surface area contributed by atoms with E-state index in [1.807, 2.05) is 36.4 Å². The maximum atomic E-state index is 12.8. The van der Waals surface area contributed by atoms with Gasteiger partial charge >= 0.3 is 0 Å². The Morgan fingerprint density at radius 3 is 2.79 bits per heavy atom. The summed E-state index contributed by atoms with van der Waals surface area (Å²) < 4.78 is 0. The summed E-state index contributed by atoms with van der Waals surface area (Å²) >= 11 is 5.89. The molecule has 144 valence electrons. The van der Waals surface area contributed by atoms with Crippen molar-refractivity contribution in [2.75, 3.05) is 0 Å². The van der Waals surface area contributed by atoms with Gasteiger partial charge in [-0.1, -0.05) is 48.7 Å². The molecule has 4 rings (SSSR count). The Labute approximate surface area is 168 Å². The SMILES string of the molecule is O=C(N[C@@H]1CCCC[C@@H]1O)c1cc(Cc2ccc(Cl)nc2)c2ccccc2n1. The molecule has 2 N–H and O–H groups in total. The van der Waals surface area contributed by atoms with Crippen molar-refractivity contribution in [3.8, 4) is 0 Å². The van der Waals surface area contributed by atoms with Crippen molar-refractivity contribution in [1.29, 1.82) is 0 Å². The highest BCUT2D eigenvalue weighted by Crippen LogP contribution is 2.23. The summed E-state index contributed by atoms with van der Waals surface area (Å²) in [5.74, 6) is -0.243. The Hall–Kier alpha value is -2.50. The molecule has 2 heterocycles. The first-order valence-corrected chi connectivity index (χ1v) is 9.96. The number of nitrogens with one attached hydrogen (secondary N) is 1. The first-order valence-electron chi connectivity index (χ1n) is 9.58. The van der Waals surface area contributed by atoms with Crippen LogP contribution >= 0.6 is 11.6 Å². The quantitative estimate of drug-likeness (QED) is 0.657. The minimum Gasteiger partial charge on any atom is -0.391 e. The number of aliphatic hydroxyl groups excluding tert-OH is 1. The summed E-state index contributed by atoms with van der Waals surface area (Å²) in [6.45, 7) is 0. The average molecular weight is 396 g/mol. The third-order valence-corrected chi connectivity index (χ3v) is 5.49. The van der Waals surface area contributed by atoms with Crippen molar-refractivity contribution in [2.45, 2.75) is 44.2 Å². The molecular formula is C22H22ClN3O2. The largest absolute Gasteiger partial charge is 0.391 e. The minimum atomic E-state index is -0.488. The number of carbonyl (C=O) groups is 1. The second kappa shape index (κ2) is 8.25. The van der Waals surface area contributed by atoms with Gasteiger partial charge in [0, 0.05) is 11.6 Å². The highest BCUT2D eigenvalue weighted by atomic mass is 35.5. The molecule has 0 spiro atoms. The third-order valence-electron chi connectivity index (χ3n) is 5.26. The fourth-order valence-electron chi connectivity index (χ4n) is 3.76. The van der Waals surface area contributed by atoms with Crippen molar-refractivity contribution < 1.29 is 9.90 Å². The Morgan fingerprint density at radius 2 is 2.00 bits per heavy atom. The fraction of sp³-hybridized carbons (Fsp3) is 0.318. The number of fused-ring (bicyclic) bond motifs is 1. The van der Waals surface area contributed by atoms with Gasteiger partial charge in [-0.2, -0.15) is 0 Å². The Balaban J connectivity index is 1.65. The predicted octanol–water partition coefficient (Wildman–Crippen LogP) is 3.91. The summed E-state index contributed by atoms with van der Waals surface area (Å²) in [7, 11) is 0. The highest BCUT2D eigenvalue weighted by Gasteiger charge is 2.25. The number of para-hydroxylation sites is 1. The van der Waals surface area contributed by atoms with Crippen LogP contribution in [-0.4, -0.2) is 33.1 Å². The molecule has 1 amide bonds. The van der Waals surface area contributed by atoms with Gasteiger partial charge in [0.2, 0.25) is 0 Å². The topological polar surface area (TPSA) is 75.1 Å². The summed E-state index contributed by atoms with van der Waals surface area (Å²) in [6.07, 6.45) is 5.42. The maximum absolute atomic E-state index is 12.8. The van der Waals surface area contributed by atoms with Gasteiger partial charge in [-0.15, -0.1) is 0 Å². The number of hydrogen-bond donors (Lipinski definition) is 2. The zero-order valence-corrected chi connectivity index (χ0v) is 16.2. The number of aromatic nitrogens is 2. The molecule has 2 atom stereocenters. The number of carbonyl (C=O) groups excluding carboxylic acids is 1. The Kier molecular flexibility index (Phi) is 5.55. The number of amides is 1. The minimum absolute atomic E-state index is 0.210. The van der Waals surface area contributed by atoms with Crippen molar-refractivity contribution >= 4 is 28.4 Å². The van der Waals surface area contributed by atoms with Gasteiger partial charge in [0.25, 0.3) is 5.91 Å². The monoisotopic (exact) mass is 395 g/mol. The number of benzene rings is 1. The average Bonchev–Trinajstić information content (AvgIpc) is 2.71. The van der Waals surface area contributed by atoms with E-state index in [9.17, 15) is 9.90 Å². The van der Waals surface area contributed by atoms with E-state index >= 15 is 0 Å². The van der Waals surface area contributed by atoms with Crippen LogP contribution < -0.4 is 5.32 Å². The molecule has 0 aliphatic heterocycles. The lowest BCUT2D eigenvalue weighted by Crippen LogP contribution is -2.45. The zero-order chi connectivity index (χ0) is 19.5. The van der Waals surface area contributed by atoms with Crippen molar-refractivity contribution in [1.82, 2.24) is 15.3 Å². The van der Waals surface area contributed by atoms with Crippen LogP contribution in [-0.2, 0) is 6.42 Å². The molecule has 0 radical (unpaired) electrons. The van der Waals surface area contributed by atoms with E-state index < -0.39 is 6.10 Å². The molecule has 6 heteroatoms. The molecule has 28 heavy (non-hydrogen) atoms. The van der Waals surface area contributed by atoms with Crippen molar-refractivity contribution in [2.24, 2.45) is 0 Å². The van der Waals surface area contributed by atoms with E-state index in [1.165, 1.54) is 0 Å². The predicted molar refractivity (Wildman–Crippen MR) is 110 cm³/mol. The number of halogens is 1. The van der Waals surface area contributed by atoms with E-state index in [4.69, 9.17) is 11.6 Å². The molecule has 1 saturated carbocycles. The van der Waals surface area contributed by atoms with Gasteiger partial charge in [-0.3, -0.25) is 4.79 Å². The van der Waals surface area contributed by atoms with E-state index in [0.29, 0.717) is 17.3 Å². The van der Waals surface area contributed by atoms with E-state index in [-0.39, 0.29) is 11.9 Å². The zero-order valence-electron chi connectivity index (χ0n) is 15.4. The van der Waals surface area contributed by atoms with E-state index in [2.05, 4.69) is 15.3 Å². The molecular weight excluding hydrogens is 374 g/mol. The van der Waals surface area contributed by atoms with Crippen LogP contribution in [0.5, 0.6) is 0 Å². The van der Waals surface area contributed by atoms with Gasteiger partial charge in [0.15, 0.2) is 0 Å². The number of rotatable bonds is 4. The van der Waals surface area contributed by atoms with E-state index in [0.717, 1.165) is 47.7 Å². The Bertz CT molecular complexity index is 991. The first kappa shape index (κ1) is 18.8. The van der Waals surface area contributed by atoms with Crippen molar-refractivity contribution in [3.05, 3.63) is 70.6 Å². The van der Waals surface area contributed by atoms with Gasteiger partial charge in [-0.05, 0) is 48.6 Å². The standard InChI is InChI=1S/C22H22ClN3O2/c23-21-10-9-14(13-24-21)11-15-12-19(25-17-6-2-1-5-16(15)17)22(28)26-18-7-3-4-8-20(18)27/h1-2,5-6,9-10,12-13,18,20,27H,3-4,7-8,11H2,(H,26,28)/t18-,20+/m1/s1. The lowest BCUT2D eigenvalue weighted by molar-refractivity contribution is 0.0714. The van der Waals surface area contributed by atoms with Crippen LogP contribution in [0.3, 0.4) is 0 Å². The molecule has 5 nitrogen and oxygen atoms in total. The fourth-order valence-corrected chi connectivity index (χ4v) is 3.87. The summed E-state index contributed by atoms with van der Waals surface area (Å²) in [5, 5.41) is 14.6. The van der Waals surface area contributed by atoms with Crippen LogP contribution in [0.15, 0.2) is 48.7 Å². The van der Waals surface area contributed by atoms with Crippen molar-refractivity contribution in [3.63, 3.8) is 0 Å². The molecule has 0 unspecified atom stereocenters. The maximum Gasteiger partial charge on any atom is 0.270 e. The molecule has 1 aliphatic carbocycles. The summed E-state index contributed by atoms with van der Waals surface area (Å²) in [4.78, 5) is 21.5. The summed E-state index contributed by atoms with van der Waals surface area (Å²) in [5.41, 5.74) is 3.16. The smallest absolute Gasteiger partial charge is 0.270 e. The van der Waals surface area contributed by atoms with E-state index in [1.54, 1.807) is 12.3 Å². The molecule has 0 saturated heterocycles. The normalized spacial score (nSPS) is 19.5. The third kappa shape index (κ3) is 4.16. The lowest BCUT2D eigenvalue weighted by atomic mass is 9.92. The second-order valence-corrected chi connectivity index (χ2v) is 7.67. The number of aliphatic hydroxyl groups is 1. The molecule has 3 aromatic rings. The number of hydrogen-bond acceptors (Lipinski definition) is 4. The van der Waals surface area contributed by atoms with Crippen LogP contribution in [0, 0.1) is 0 Å². The van der Waals surface area contributed by atoms with Gasteiger partial charge in [0.1, 0.15) is 10.8 Å². The van der Waals surface area contributed by atoms with Gasteiger partial charge in [0.05, 0.1) is 17.7 Å². The number of pyridine rings is 2. The lowest BCUT2D eigenvalue weighted by Gasteiger charge is -2.28. The molecule has 0 bridgehead atoms. The van der Waals surface area contributed by atoms with Crippen LogP contribution in [0.4, 0.5) is 0 Å².